The SMILES string of the molecule is COCCC(C)(O)CNCc1nc(C(C)(C)C)cs1. The summed E-state index contributed by atoms with van der Waals surface area (Å²) in [5.41, 5.74) is 0.485. The van der Waals surface area contributed by atoms with Crippen molar-refractivity contribution in [2.75, 3.05) is 20.3 Å². The molecule has 0 fully saturated rings. The lowest BCUT2D eigenvalue weighted by molar-refractivity contribution is 0.0247. The number of rotatable bonds is 7. The van der Waals surface area contributed by atoms with Gasteiger partial charge in [0.05, 0.1) is 11.3 Å². The van der Waals surface area contributed by atoms with Crippen molar-refractivity contribution in [3.63, 3.8) is 0 Å². The molecule has 5 heteroatoms. The Labute approximate surface area is 120 Å². The highest BCUT2D eigenvalue weighted by Crippen LogP contribution is 2.23. The third-order valence-electron chi connectivity index (χ3n) is 2.95. The van der Waals surface area contributed by atoms with E-state index in [4.69, 9.17) is 4.74 Å². The quantitative estimate of drug-likeness (QED) is 0.807. The van der Waals surface area contributed by atoms with Gasteiger partial charge in [-0.05, 0) is 6.92 Å². The van der Waals surface area contributed by atoms with E-state index in [0.29, 0.717) is 26.1 Å². The summed E-state index contributed by atoms with van der Waals surface area (Å²) in [6, 6.07) is 0. The number of ether oxygens (including phenoxy) is 1. The topological polar surface area (TPSA) is 54.4 Å². The van der Waals surface area contributed by atoms with Crippen LogP contribution in [-0.4, -0.2) is 36.0 Å². The highest BCUT2D eigenvalue weighted by molar-refractivity contribution is 7.09. The molecule has 1 aromatic heterocycles. The number of hydrogen-bond acceptors (Lipinski definition) is 5. The van der Waals surface area contributed by atoms with E-state index < -0.39 is 5.60 Å². The average Bonchev–Trinajstić information content (AvgIpc) is 2.74. The maximum Gasteiger partial charge on any atom is 0.107 e. The maximum absolute atomic E-state index is 10.1. The van der Waals surface area contributed by atoms with Crippen LogP contribution in [-0.2, 0) is 16.7 Å². The first kappa shape index (κ1) is 16.6. The molecule has 0 bridgehead atoms. The van der Waals surface area contributed by atoms with Crippen LogP contribution in [0.1, 0.15) is 44.8 Å². The summed E-state index contributed by atoms with van der Waals surface area (Å²) in [4.78, 5) is 4.61. The minimum Gasteiger partial charge on any atom is -0.389 e. The predicted octanol–water partition coefficient (Wildman–Crippen LogP) is 2.32. The van der Waals surface area contributed by atoms with E-state index in [-0.39, 0.29) is 5.41 Å². The van der Waals surface area contributed by atoms with Crippen molar-refractivity contribution in [1.82, 2.24) is 10.3 Å². The fraction of sp³-hybridized carbons (Fsp3) is 0.786. The Morgan fingerprint density at radius 2 is 2.05 bits per heavy atom. The molecule has 0 spiro atoms. The zero-order valence-corrected chi connectivity index (χ0v) is 13.4. The average molecular weight is 286 g/mol. The summed E-state index contributed by atoms with van der Waals surface area (Å²) < 4.78 is 4.99. The molecule has 0 radical (unpaired) electrons. The summed E-state index contributed by atoms with van der Waals surface area (Å²) in [5, 5.41) is 16.5. The van der Waals surface area contributed by atoms with Crippen molar-refractivity contribution in [3.05, 3.63) is 16.1 Å². The minimum atomic E-state index is -0.736. The Bertz CT molecular complexity index is 383. The van der Waals surface area contributed by atoms with E-state index >= 15 is 0 Å². The van der Waals surface area contributed by atoms with Crippen LogP contribution >= 0.6 is 11.3 Å². The molecule has 0 aliphatic rings. The Morgan fingerprint density at radius 1 is 1.37 bits per heavy atom. The molecular weight excluding hydrogens is 260 g/mol. The van der Waals surface area contributed by atoms with Gasteiger partial charge in [-0.15, -0.1) is 11.3 Å². The second-order valence-corrected chi connectivity index (χ2v) is 7.16. The first-order chi connectivity index (χ1) is 8.74. The molecular formula is C14H26N2O2S. The second kappa shape index (κ2) is 6.79. The highest BCUT2D eigenvalue weighted by atomic mass is 32.1. The maximum atomic E-state index is 10.1. The monoisotopic (exact) mass is 286 g/mol. The van der Waals surface area contributed by atoms with Crippen molar-refractivity contribution in [1.29, 1.82) is 0 Å². The third-order valence-corrected chi connectivity index (χ3v) is 3.80. The molecule has 0 amide bonds. The van der Waals surface area contributed by atoms with Gasteiger partial charge in [0.15, 0.2) is 0 Å². The molecule has 0 aliphatic heterocycles. The fourth-order valence-corrected chi connectivity index (χ4v) is 2.58. The van der Waals surface area contributed by atoms with Gasteiger partial charge in [-0.25, -0.2) is 4.98 Å². The van der Waals surface area contributed by atoms with Crippen LogP contribution in [0.2, 0.25) is 0 Å². The number of methoxy groups -OCH3 is 1. The van der Waals surface area contributed by atoms with Crippen LogP contribution < -0.4 is 5.32 Å². The van der Waals surface area contributed by atoms with Crippen molar-refractivity contribution in [2.24, 2.45) is 0 Å². The first-order valence-electron chi connectivity index (χ1n) is 6.61. The van der Waals surface area contributed by atoms with Gasteiger partial charge in [0.25, 0.3) is 0 Å². The van der Waals surface area contributed by atoms with Crippen LogP contribution in [0.3, 0.4) is 0 Å². The Balaban J connectivity index is 2.39. The minimum absolute atomic E-state index is 0.0959. The van der Waals surface area contributed by atoms with E-state index in [1.54, 1.807) is 18.4 Å². The first-order valence-corrected chi connectivity index (χ1v) is 7.49. The summed E-state index contributed by atoms with van der Waals surface area (Å²) in [6.45, 7) is 10.1. The number of thiazole rings is 1. The van der Waals surface area contributed by atoms with Gasteiger partial charge >= 0.3 is 0 Å². The molecule has 0 saturated heterocycles. The van der Waals surface area contributed by atoms with E-state index in [1.807, 2.05) is 6.92 Å². The van der Waals surface area contributed by atoms with Crippen LogP contribution in [0, 0.1) is 0 Å². The summed E-state index contributed by atoms with van der Waals surface area (Å²) in [7, 11) is 1.65. The smallest absolute Gasteiger partial charge is 0.107 e. The van der Waals surface area contributed by atoms with Gasteiger partial charge in [-0.3, -0.25) is 0 Å². The van der Waals surface area contributed by atoms with E-state index in [2.05, 4.69) is 36.5 Å². The molecule has 1 unspecified atom stereocenters. The highest BCUT2D eigenvalue weighted by Gasteiger charge is 2.20. The molecule has 110 valence electrons. The Hall–Kier alpha value is -0.490. The lowest BCUT2D eigenvalue weighted by Gasteiger charge is -2.23. The number of aliphatic hydroxyl groups is 1. The summed E-state index contributed by atoms with van der Waals surface area (Å²) in [6.07, 6.45) is 0.627. The number of nitrogens with one attached hydrogen (secondary N) is 1. The third kappa shape index (κ3) is 5.99. The molecule has 19 heavy (non-hydrogen) atoms. The van der Waals surface area contributed by atoms with Crippen molar-refractivity contribution >= 4 is 11.3 Å². The molecule has 1 atom stereocenters. The van der Waals surface area contributed by atoms with E-state index in [0.717, 1.165) is 10.7 Å². The van der Waals surface area contributed by atoms with Crippen LogP contribution in [0.25, 0.3) is 0 Å². The number of nitrogens with zero attached hydrogens (tertiary/aromatic N) is 1. The van der Waals surface area contributed by atoms with Crippen molar-refractivity contribution < 1.29 is 9.84 Å². The summed E-state index contributed by atoms with van der Waals surface area (Å²) in [5.74, 6) is 0. The molecule has 0 saturated carbocycles. The molecule has 1 aromatic rings. The molecule has 0 aliphatic carbocycles. The molecule has 1 heterocycles. The van der Waals surface area contributed by atoms with Crippen molar-refractivity contribution in [2.45, 2.75) is 51.7 Å². The predicted molar refractivity (Wildman–Crippen MR) is 79.6 cm³/mol. The number of hydrogen-bond donors (Lipinski definition) is 2. The summed E-state index contributed by atoms with van der Waals surface area (Å²) >= 11 is 1.66. The van der Waals surface area contributed by atoms with Gasteiger partial charge in [0, 0.05) is 44.0 Å². The van der Waals surface area contributed by atoms with Gasteiger partial charge in [0.1, 0.15) is 5.01 Å². The molecule has 0 aromatic carbocycles. The standard InChI is InChI=1S/C14H26N2O2S/c1-13(2,3)11-9-19-12(16-11)8-15-10-14(4,17)6-7-18-5/h9,15,17H,6-8,10H2,1-5H3. The largest absolute Gasteiger partial charge is 0.389 e. The van der Waals surface area contributed by atoms with E-state index in [9.17, 15) is 5.11 Å². The van der Waals surface area contributed by atoms with Crippen LogP contribution in [0.5, 0.6) is 0 Å². The zero-order valence-electron chi connectivity index (χ0n) is 12.6. The van der Waals surface area contributed by atoms with Gasteiger partial charge in [-0.1, -0.05) is 20.8 Å². The van der Waals surface area contributed by atoms with Gasteiger partial charge in [0.2, 0.25) is 0 Å². The Kier molecular flexibility index (Phi) is 5.92. The molecule has 4 nitrogen and oxygen atoms in total. The Morgan fingerprint density at radius 3 is 2.58 bits per heavy atom. The fourth-order valence-electron chi connectivity index (χ4n) is 1.59. The number of aromatic nitrogens is 1. The zero-order chi connectivity index (χ0) is 14.5. The van der Waals surface area contributed by atoms with Crippen molar-refractivity contribution in [3.8, 4) is 0 Å². The second-order valence-electron chi connectivity index (χ2n) is 6.22. The van der Waals surface area contributed by atoms with Crippen LogP contribution in [0.15, 0.2) is 5.38 Å². The lowest BCUT2D eigenvalue weighted by Crippen LogP contribution is -2.38. The van der Waals surface area contributed by atoms with Gasteiger partial charge in [-0.2, -0.15) is 0 Å². The molecule has 1 rings (SSSR count). The van der Waals surface area contributed by atoms with Crippen LogP contribution in [0.4, 0.5) is 0 Å². The normalized spacial score (nSPS) is 15.5. The van der Waals surface area contributed by atoms with Gasteiger partial charge < -0.3 is 15.2 Å². The van der Waals surface area contributed by atoms with E-state index in [1.165, 1.54) is 0 Å². The molecule has 2 N–H and O–H groups in total. The lowest BCUT2D eigenvalue weighted by atomic mass is 9.93.